The third kappa shape index (κ3) is 3.70. The second-order valence-electron chi connectivity index (χ2n) is 6.38. The van der Waals surface area contributed by atoms with Crippen molar-refractivity contribution in [3.63, 3.8) is 0 Å². The number of Topliss-reactive ketones (excluding diaryl/α,β-unsaturated/α-hetero) is 1. The minimum atomic E-state index is -0.217. The fraction of sp³-hybridized carbons (Fsp3) is 0.350. The number of nitrogens with zero attached hydrogens (tertiary/aromatic N) is 3. The molecule has 1 aliphatic heterocycles. The van der Waals surface area contributed by atoms with Gasteiger partial charge in [-0.3, -0.25) is 4.79 Å². The van der Waals surface area contributed by atoms with E-state index in [1.807, 2.05) is 30.3 Å². The number of carbonyl (C=O) groups is 1. The molecule has 0 amide bonds. The number of rotatable bonds is 4. The van der Waals surface area contributed by atoms with Gasteiger partial charge in [0.2, 0.25) is 0 Å². The molecule has 3 rings (SSSR count). The number of carbonyl (C=O) groups excluding carboxylic acids is 1. The largest absolute Gasteiger partial charge is 0.378 e. The summed E-state index contributed by atoms with van der Waals surface area (Å²) in [6, 6.07) is 11.9. The van der Waals surface area contributed by atoms with E-state index >= 15 is 0 Å². The molecule has 128 valence electrons. The van der Waals surface area contributed by atoms with E-state index in [1.54, 1.807) is 19.9 Å². The first-order valence-corrected chi connectivity index (χ1v) is 8.48. The number of morpholine rings is 1. The summed E-state index contributed by atoms with van der Waals surface area (Å²) in [6.45, 7) is 6.38. The molecule has 0 N–H and O–H groups in total. The summed E-state index contributed by atoms with van der Waals surface area (Å²) in [7, 11) is 0. The zero-order valence-corrected chi connectivity index (χ0v) is 14.5. The third-order valence-electron chi connectivity index (χ3n) is 4.25. The van der Waals surface area contributed by atoms with E-state index in [1.165, 1.54) is 0 Å². The molecule has 0 atom stereocenters. The number of pyridine rings is 1. The molecule has 0 aliphatic carbocycles. The lowest BCUT2D eigenvalue weighted by Crippen LogP contribution is -2.37. The Kier molecular flexibility index (Phi) is 5.11. The number of fused-ring (bicyclic) bond motifs is 1. The molecular weight excluding hydrogens is 314 g/mol. The van der Waals surface area contributed by atoms with Crippen LogP contribution in [0.5, 0.6) is 0 Å². The van der Waals surface area contributed by atoms with Crippen LogP contribution in [0, 0.1) is 17.2 Å². The first kappa shape index (κ1) is 17.1. The summed E-state index contributed by atoms with van der Waals surface area (Å²) in [5.74, 6) is 0.432. The molecule has 1 saturated heterocycles. The number of hydrogen-bond acceptors (Lipinski definition) is 5. The Morgan fingerprint density at radius 1 is 1.32 bits per heavy atom. The maximum absolute atomic E-state index is 12.3. The van der Waals surface area contributed by atoms with Gasteiger partial charge in [0.1, 0.15) is 11.9 Å². The molecule has 1 aromatic heterocycles. The van der Waals surface area contributed by atoms with Crippen LogP contribution in [-0.4, -0.2) is 37.1 Å². The molecule has 0 radical (unpaired) electrons. The molecule has 1 aromatic carbocycles. The Hall–Kier alpha value is -2.71. The molecule has 5 heteroatoms. The SMILES string of the molecule is CC(C)C(=O)/C(C#N)=C/c1cc2ccccc2nc1N1CCOCC1. The predicted octanol–water partition coefficient (Wildman–Crippen LogP) is 3.20. The van der Waals surface area contributed by atoms with Crippen LogP contribution < -0.4 is 4.90 Å². The van der Waals surface area contributed by atoms with Gasteiger partial charge < -0.3 is 9.64 Å². The fourth-order valence-corrected chi connectivity index (χ4v) is 2.88. The Morgan fingerprint density at radius 3 is 2.72 bits per heavy atom. The molecule has 2 heterocycles. The minimum Gasteiger partial charge on any atom is -0.378 e. The highest BCUT2D eigenvalue weighted by molar-refractivity contribution is 6.05. The number of hydrogen-bond donors (Lipinski definition) is 0. The van der Waals surface area contributed by atoms with Crippen molar-refractivity contribution in [2.75, 3.05) is 31.2 Å². The van der Waals surface area contributed by atoms with Gasteiger partial charge in [-0.05, 0) is 18.2 Å². The van der Waals surface area contributed by atoms with Crippen LogP contribution in [0.25, 0.3) is 17.0 Å². The summed E-state index contributed by atoms with van der Waals surface area (Å²) >= 11 is 0. The van der Waals surface area contributed by atoms with Gasteiger partial charge in [-0.15, -0.1) is 0 Å². The van der Waals surface area contributed by atoms with E-state index in [-0.39, 0.29) is 17.3 Å². The van der Waals surface area contributed by atoms with Gasteiger partial charge in [0.25, 0.3) is 0 Å². The van der Waals surface area contributed by atoms with Gasteiger partial charge in [0, 0.05) is 30.0 Å². The lowest BCUT2D eigenvalue weighted by atomic mass is 9.99. The highest BCUT2D eigenvalue weighted by Crippen LogP contribution is 2.27. The van der Waals surface area contributed by atoms with Crippen molar-refractivity contribution in [2.24, 2.45) is 5.92 Å². The number of ketones is 1. The average molecular weight is 335 g/mol. The highest BCUT2D eigenvalue weighted by atomic mass is 16.5. The Balaban J connectivity index is 2.14. The lowest BCUT2D eigenvalue weighted by molar-refractivity contribution is -0.117. The molecular formula is C20H21N3O2. The number of allylic oxidation sites excluding steroid dienone is 1. The van der Waals surface area contributed by atoms with Crippen molar-refractivity contribution in [3.05, 3.63) is 41.5 Å². The number of benzene rings is 1. The number of nitriles is 1. The van der Waals surface area contributed by atoms with Crippen LogP contribution in [0.15, 0.2) is 35.9 Å². The monoisotopic (exact) mass is 335 g/mol. The first-order valence-electron chi connectivity index (χ1n) is 8.48. The summed E-state index contributed by atoms with van der Waals surface area (Å²) in [4.78, 5) is 19.2. The maximum atomic E-state index is 12.3. The van der Waals surface area contributed by atoms with E-state index in [2.05, 4.69) is 11.0 Å². The first-order chi connectivity index (χ1) is 12.1. The predicted molar refractivity (Wildman–Crippen MR) is 98.2 cm³/mol. The van der Waals surface area contributed by atoms with Crippen molar-refractivity contribution in [2.45, 2.75) is 13.8 Å². The normalized spacial score (nSPS) is 15.4. The van der Waals surface area contributed by atoms with E-state index in [0.717, 1.165) is 35.4 Å². The van der Waals surface area contributed by atoms with Crippen molar-refractivity contribution in [3.8, 4) is 6.07 Å². The number of anilines is 1. The Bertz CT molecular complexity index is 859. The maximum Gasteiger partial charge on any atom is 0.175 e. The van der Waals surface area contributed by atoms with Crippen LogP contribution in [-0.2, 0) is 9.53 Å². The Morgan fingerprint density at radius 2 is 2.04 bits per heavy atom. The van der Waals surface area contributed by atoms with Crippen LogP contribution >= 0.6 is 0 Å². The zero-order valence-electron chi connectivity index (χ0n) is 14.5. The molecule has 0 bridgehead atoms. The summed E-state index contributed by atoms with van der Waals surface area (Å²) in [6.07, 6.45) is 1.67. The second kappa shape index (κ2) is 7.45. The van der Waals surface area contributed by atoms with Gasteiger partial charge in [0.05, 0.1) is 24.3 Å². The quantitative estimate of drug-likeness (QED) is 0.634. The van der Waals surface area contributed by atoms with Crippen LogP contribution in [0.2, 0.25) is 0 Å². The molecule has 0 spiro atoms. The molecule has 1 fully saturated rings. The second-order valence-corrected chi connectivity index (χ2v) is 6.38. The molecule has 0 saturated carbocycles. The van der Waals surface area contributed by atoms with E-state index in [0.29, 0.717) is 13.2 Å². The smallest absolute Gasteiger partial charge is 0.175 e. The van der Waals surface area contributed by atoms with Crippen LogP contribution in [0.1, 0.15) is 19.4 Å². The highest BCUT2D eigenvalue weighted by Gasteiger charge is 2.19. The molecule has 5 nitrogen and oxygen atoms in total. The van der Waals surface area contributed by atoms with Crippen LogP contribution in [0.4, 0.5) is 5.82 Å². The average Bonchev–Trinajstić information content (AvgIpc) is 2.65. The number of ether oxygens (including phenoxy) is 1. The minimum absolute atomic E-state index is 0.149. The number of para-hydroxylation sites is 1. The molecule has 25 heavy (non-hydrogen) atoms. The van der Waals surface area contributed by atoms with Gasteiger partial charge in [-0.25, -0.2) is 4.98 Å². The number of aromatic nitrogens is 1. The Labute approximate surface area is 147 Å². The van der Waals surface area contributed by atoms with Crippen molar-refractivity contribution >= 4 is 28.6 Å². The molecule has 1 aliphatic rings. The van der Waals surface area contributed by atoms with Gasteiger partial charge in [-0.1, -0.05) is 32.0 Å². The van der Waals surface area contributed by atoms with Gasteiger partial charge in [-0.2, -0.15) is 5.26 Å². The lowest BCUT2D eigenvalue weighted by Gasteiger charge is -2.29. The van der Waals surface area contributed by atoms with Crippen LogP contribution in [0.3, 0.4) is 0 Å². The topological polar surface area (TPSA) is 66.2 Å². The third-order valence-corrected chi connectivity index (χ3v) is 4.25. The summed E-state index contributed by atoms with van der Waals surface area (Å²) in [5.41, 5.74) is 1.86. The zero-order chi connectivity index (χ0) is 17.8. The van der Waals surface area contributed by atoms with E-state index in [9.17, 15) is 10.1 Å². The van der Waals surface area contributed by atoms with Crippen molar-refractivity contribution < 1.29 is 9.53 Å². The molecule has 0 unspecified atom stereocenters. The van der Waals surface area contributed by atoms with E-state index in [4.69, 9.17) is 9.72 Å². The van der Waals surface area contributed by atoms with Gasteiger partial charge in [0.15, 0.2) is 5.78 Å². The summed E-state index contributed by atoms with van der Waals surface area (Å²) < 4.78 is 5.43. The van der Waals surface area contributed by atoms with Gasteiger partial charge >= 0.3 is 0 Å². The molecule has 2 aromatic rings. The van der Waals surface area contributed by atoms with Crippen molar-refractivity contribution in [1.82, 2.24) is 4.98 Å². The van der Waals surface area contributed by atoms with E-state index < -0.39 is 0 Å². The fourth-order valence-electron chi connectivity index (χ4n) is 2.88. The standard InChI is InChI=1S/C20H21N3O2/c1-14(2)19(24)17(13-21)12-16-11-15-5-3-4-6-18(15)22-20(16)23-7-9-25-10-8-23/h3-6,11-12,14H,7-10H2,1-2H3/b17-12+. The summed E-state index contributed by atoms with van der Waals surface area (Å²) in [5, 5.41) is 10.4. The van der Waals surface area contributed by atoms with Crippen molar-refractivity contribution in [1.29, 1.82) is 5.26 Å².